The Kier molecular flexibility index (Phi) is 4.11. The van der Waals surface area contributed by atoms with Crippen LogP contribution >= 0.6 is 15.9 Å². The molecule has 0 saturated carbocycles. The van der Waals surface area contributed by atoms with E-state index in [0.29, 0.717) is 0 Å². The third kappa shape index (κ3) is 2.60. The molecule has 19 heavy (non-hydrogen) atoms. The lowest BCUT2D eigenvalue weighted by molar-refractivity contribution is 0.198. The van der Waals surface area contributed by atoms with Crippen LogP contribution in [0.2, 0.25) is 0 Å². The summed E-state index contributed by atoms with van der Waals surface area (Å²) in [6, 6.07) is 5.93. The highest BCUT2D eigenvalue weighted by atomic mass is 79.9. The molecule has 0 unspecified atom stereocenters. The second-order valence-corrected chi connectivity index (χ2v) is 5.65. The van der Waals surface area contributed by atoms with Crippen molar-refractivity contribution < 1.29 is 5.11 Å². The van der Waals surface area contributed by atoms with Gasteiger partial charge in [0, 0.05) is 10.2 Å². The molecule has 0 amide bonds. The lowest BCUT2D eigenvalue weighted by Crippen LogP contribution is -2.01. The number of aliphatic hydroxyl groups is 1. The van der Waals surface area contributed by atoms with E-state index in [1.165, 1.54) is 11.3 Å². The number of aryl methyl sites for hydroxylation is 1. The Hall–Kier alpha value is -1.13. The minimum atomic E-state index is -0.477. The second-order valence-electron chi connectivity index (χ2n) is 4.80. The van der Waals surface area contributed by atoms with Gasteiger partial charge in [0.2, 0.25) is 0 Å². The molecule has 1 aromatic heterocycles. The summed E-state index contributed by atoms with van der Waals surface area (Å²) in [6.07, 6.45) is 0.514. The topological polar surface area (TPSA) is 38.0 Å². The smallest absolute Gasteiger partial charge is 0.0772 e. The fourth-order valence-corrected chi connectivity index (χ4v) is 3.12. The van der Waals surface area contributed by atoms with E-state index in [4.69, 9.17) is 0 Å². The van der Waals surface area contributed by atoms with Crippen molar-refractivity contribution in [1.29, 1.82) is 0 Å². The highest BCUT2D eigenvalue weighted by molar-refractivity contribution is 9.10. The monoisotopic (exact) mass is 322 g/mol. The SMILES string of the molecule is CCc1c(C)nn(-c2ccc([C@H](C)O)c(Br)c2)c1C. The number of rotatable bonds is 3. The van der Waals surface area contributed by atoms with Crippen molar-refractivity contribution in [1.82, 2.24) is 9.78 Å². The van der Waals surface area contributed by atoms with Crippen molar-refractivity contribution in [3.8, 4) is 5.69 Å². The Morgan fingerprint density at radius 3 is 2.53 bits per heavy atom. The molecule has 4 heteroatoms. The molecule has 0 fully saturated rings. The van der Waals surface area contributed by atoms with Gasteiger partial charge in [-0.05, 0) is 50.5 Å². The summed E-state index contributed by atoms with van der Waals surface area (Å²) in [5, 5.41) is 14.3. The standard InChI is InChI=1S/C15H19BrN2O/c1-5-13-9(2)17-18(10(13)3)12-6-7-14(11(4)19)15(16)8-12/h6-8,11,19H,5H2,1-4H3/t11-/m0/s1. The van der Waals surface area contributed by atoms with Crippen LogP contribution in [0.1, 0.15) is 42.5 Å². The molecule has 0 aliphatic rings. The van der Waals surface area contributed by atoms with Gasteiger partial charge in [-0.3, -0.25) is 0 Å². The minimum absolute atomic E-state index is 0.477. The molecule has 2 rings (SSSR count). The van der Waals surface area contributed by atoms with E-state index >= 15 is 0 Å². The summed E-state index contributed by atoms with van der Waals surface area (Å²) in [5.41, 5.74) is 5.46. The fourth-order valence-electron chi connectivity index (χ4n) is 2.42. The van der Waals surface area contributed by atoms with Crippen LogP contribution in [0.15, 0.2) is 22.7 Å². The molecule has 0 radical (unpaired) electrons. The number of nitrogens with zero attached hydrogens (tertiary/aromatic N) is 2. The molecule has 0 saturated heterocycles. The first-order valence-corrected chi connectivity index (χ1v) is 7.28. The van der Waals surface area contributed by atoms with Gasteiger partial charge in [-0.2, -0.15) is 5.10 Å². The van der Waals surface area contributed by atoms with E-state index in [-0.39, 0.29) is 0 Å². The Balaban J connectivity index is 2.51. The molecule has 102 valence electrons. The molecule has 1 heterocycles. The van der Waals surface area contributed by atoms with Crippen molar-refractivity contribution in [3.05, 3.63) is 45.2 Å². The summed E-state index contributed by atoms with van der Waals surface area (Å²) in [4.78, 5) is 0. The normalized spacial score (nSPS) is 12.7. The first kappa shape index (κ1) is 14.3. The van der Waals surface area contributed by atoms with E-state index < -0.39 is 6.10 Å². The molecule has 0 aliphatic carbocycles. The number of hydrogen-bond acceptors (Lipinski definition) is 2. The molecule has 0 spiro atoms. The summed E-state index contributed by atoms with van der Waals surface area (Å²) in [7, 11) is 0. The first-order chi connectivity index (χ1) is 8.95. The van der Waals surface area contributed by atoms with Gasteiger partial charge in [-0.25, -0.2) is 4.68 Å². The number of aromatic nitrogens is 2. The first-order valence-electron chi connectivity index (χ1n) is 6.48. The van der Waals surface area contributed by atoms with E-state index in [0.717, 1.165) is 27.8 Å². The Labute approximate surface area is 122 Å². The van der Waals surface area contributed by atoms with Crippen LogP contribution in [0, 0.1) is 13.8 Å². The van der Waals surface area contributed by atoms with Crippen LogP contribution in [0.3, 0.4) is 0 Å². The molecule has 0 aliphatic heterocycles. The zero-order chi connectivity index (χ0) is 14.2. The predicted molar refractivity (Wildman–Crippen MR) is 80.7 cm³/mol. The van der Waals surface area contributed by atoms with Crippen molar-refractivity contribution in [3.63, 3.8) is 0 Å². The van der Waals surface area contributed by atoms with Gasteiger partial charge in [0.15, 0.2) is 0 Å². The third-order valence-corrected chi connectivity index (χ3v) is 4.16. The average molecular weight is 323 g/mol. The van der Waals surface area contributed by atoms with Crippen molar-refractivity contribution in [2.75, 3.05) is 0 Å². The van der Waals surface area contributed by atoms with Gasteiger partial charge < -0.3 is 5.11 Å². The Morgan fingerprint density at radius 1 is 1.37 bits per heavy atom. The molecule has 1 aromatic carbocycles. The van der Waals surface area contributed by atoms with Gasteiger partial charge >= 0.3 is 0 Å². The molecule has 2 aromatic rings. The maximum atomic E-state index is 9.65. The number of benzene rings is 1. The molecular formula is C15H19BrN2O. The van der Waals surface area contributed by atoms with Crippen LogP contribution in [-0.4, -0.2) is 14.9 Å². The van der Waals surface area contributed by atoms with Crippen molar-refractivity contribution in [2.45, 2.75) is 40.2 Å². The summed E-state index contributed by atoms with van der Waals surface area (Å²) >= 11 is 3.51. The van der Waals surface area contributed by atoms with Crippen LogP contribution in [0.25, 0.3) is 5.69 Å². The quantitative estimate of drug-likeness (QED) is 0.931. The second kappa shape index (κ2) is 5.47. The summed E-state index contributed by atoms with van der Waals surface area (Å²) < 4.78 is 2.87. The van der Waals surface area contributed by atoms with Crippen molar-refractivity contribution in [2.24, 2.45) is 0 Å². The largest absolute Gasteiger partial charge is 0.389 e. The van der Waals surface area contributed by atoms with E-state index in [9.17, 15) is 5.11 Å². The maximum Gasteiger partial charge on any atom is 0.0772 e. The van der Waals surface area contributed by atoms with Crippen LogP contribution < -0.4 is 0 Å². The predicted octanol–water partition coefficient (Wildman–Crippen LogP) is 3.87. The molecule has 0 bridgehead atoms. The minimum Gasteiger partial charge on any atom is -0.389 e. The van der Waals surface area contributed by atoms with E-state index in [2.05, 4.69) is 34.9 Å². The lowest BCUT2D eigenvalue weighted by atomic mass is 10.1. The third-order valence-electron chi connectivity index (χ3n) is 3.47. The zero-order valence-corrected chi connectivity index (χ0v) is 13.3. The van der Waals surface area contributed by atoms with Gasteiger partial charge in [0.05, 0.1) is 17.5 Å². The highest BCUT2D eigenvalue weighted by Crippen LogP contribution is 2.27. The van der Waals surface area contributed by atoms with Crippen LogP contribution in [0.5, 0.6) is 0 Å². The van der Waals surface area contributed by atoms with Gasteiger partial charge in [0.25, 0.3) is 0 Å². The van der Waals surface area contributed by atoms with Crippen molar-refractivity contribution >= 4 is 15.9 Å². The zero-order valence-electron chi connectivity index (χ0n) is 11.7. The Morgan fingerprint density at radius 2 is 2.05 bits per heavy atom. The fraction of sp³-hybridized carbons (Fsp3) is 0.400. The van der Waals surface area contributed by atoms with E-state index in [1.54, 1.807) is 6.92 Å². The highest BCUT2D eigenvalue weighted by Gasteiger charge is 2.13. The summed E-state index contributed by atoms with van der Waals surface area (Å²) in [5.74, 6) is 0. The van der Waals surface area contributed by atoms with Crippen LogP contribution in [0.4, 0.5) is 0 Å². The van der Waals surface area contributed by atoms with Crippen LogP contribution in [-0.2, 0) is 6.42 Å². The Bertz CT molecular complexity index is 602. The maximum absolute atomic E-state index is 9.65. The lowest BCUT2D eigenvalue weighted by Gasteiger charge is -2.11. The molecule has 3 nitrogen and oxygen atoms in total. The van der Waals surface area contributed by atoms with E-state index in [1.807, 2.05) is 29.8 Å². The molecular weight excluding hydrogens is 304 g/mol. The summed E-state index contributed by atoms with van der Waals surface area (Å²) in [6.45, 7) is 8.04. The molecule has 1 N–H and O–H groups in total. The van der Waals surface area contributed by atoms with Gasteiger partial charge in [-0.1, -0.05) is 28.9 Å². The average Bonchev–Trinajstić information content (AvgIpc) is 2.63. The number of aliphatic hydroxyl groups excluding tert-OH is 1. The van der Waals surface area contributed by atoms with Gasteiger partial charge in [-0.15, -0.1) is 0 Å². The number of hydrogen-bond donors (Lipinski definition) is 1. The molecule has 1 atom stereocenters. The van der Waals surface area contributed by atoms with Gasteiger partial charge in [0.1, 0.15) is 0 Å². The number of halogens is 1.